The number of likely N-dealkylation sites (tertiary alicyclic amines) is 1. The van der Waals surface area contributed by atoms with Crippen LogP contribution in [0.1, 0.15) is 55.7 Å². The Balaban J connectivity index is 1.24. The standard InChI is InChI=1S/C25H31N5O2/c1-3-32-24(31)13-23(21-14-27-18(2)28-15-21)30-16-19(17-30)7-4-5-9-22-11-10-20-8-6-12-26-25(20)29-22/h6,8,10-12,14-15,19,23H,3-5,7,9,13,16-17H2,1-2H3. The zero-order valence-electron chi connectivity index (χ0n) is 18.9. The number of carbonyl (C=O) groups excluding carboxylic acids is 1. The number of ether oxygens (including phenoxy) is 1. The molecule has 1 saturated heterocycles. The molecule has 4 heterocycles. The van der Waals surface area contributed by atoms with E-state index in [1.165, 1.54) is 12.8 Å². The maximum atomic E-state index is 12.1. The number of rotatable bonds is 10. The van der Waals surface area contributed by atoms with Gasteiger partial charge in [-0.3, -0.25) is 9.69 Å². The molecule has 7 nitrogen and oxygen atoms in total. The number of hydrogen-bond acceptors (Lipinski definition) is 7. The fourth-order valence-corrected chi connectivity index (χ4v) is 4.33. The average molecular weight is 434 g/mol. The monoisotopic (exact) mass is 433 g/mol. The molecule has 3 aromatic rings. The van der Waals surface area contributed by atoms with Crippen molar-refractivity contribution in [3.05, 3.63) is 59.9 Å². The SMILES string of the molecule is CCOC(=O)CC(c1cnc(C)nc1)N1CC(CCCCc2ccc3cccnc3n2)C1. The van der Waals surface area contributed by atoms with Crippen LogP contribution in [-0.4, -0.2) is 50.5 Å². The summed E-state index contributed by atoms with van der Waals surface area (Å²) < 4.78 is 5.19. The van der Waals surface area contributed by atoms with Gasteiger partial charge in [-0.1, -0.05) is 6.42 Å². The van der Waals surface area contributed by atoms with Crippen molar-refractivity contribution < 1.29 is 9.53 Å². The van der Waals surface area contributed by atoms with Crippen LogP contribution in [0.3, 0.4) is 0 Å². The van der Waals surface area contributed by atoms with Gasteiger partial charge >= 0.3 is 5.97 Å². The van der Waals surface area contributed by atoms with Gasteiger partial charge in [0, 0.05) is 54.4 Å². The van der Waals surface area contributed by atoms with Crippen LogP contribution in [0.2, 0.25) is 0 Å². The van der Waals surface area contributed by atoms with Crippen molar-refractivity contribution in [2.75, 3.05) is 19.7 Å². The fourth-order valence-electron chi connectivity index (χ4n) is 4.33. The number of fused-ring (bicyclic) bond motifs is 1. The maximum absolute atomic E-state index is 12.1. The Morgan fingerprint density at radius 1 is 1.16 bits per heavy atom. The lowest BCUT2D eigenvalue weighted by molar-refractivity contribution is -0.145. The number of aryl methyl sites for hydroxylation is 2. The molecule has 0 spiro atoms. The first-order valence-electron chi connectivity index (χ1n) is 11.5. The summed E-state index contributed by atoms with van der Waals surface area (Å²) in [5, 5.41) is 1.09. The third-order valence-electron chi connectivity index (χ3n) is 6.09. The Labute approximate surface area is 189 Å². The van der Waals surface area contributed by atoms with Crippen LogP contribution < -0.4 is 0 Å². The molecule has 0 saturated carbocycles. The van der Waals surface area contributed by atoms with Crippen molar-refractivity contribution in [1.82, 2.24) is 24.8 Å². The zero-order chi connectivity index (χ0) is 22.3. The third kappa shape index (κ3) is 5.65. The van der Waals surface area contributed by atoms with E-state index in [9.17, 15) is 4.79 Å². The van der Waals surface area contributed by atoms with E-state index >= 15 is 0 Å². The Kier molecular flexibility index (Phi) is 7.37. The molecule has 0 N–H and O–H groups in total. The number of aromatic nitrogens is 4. The second kappa shape index (κ2) is 10.6. The van der Waals surface area contributed by atoms with Crippen LogP contribution in [0.15, 0.2) is 42.9 Å². The zero-order valence-corrected chi connectivity index (χ0v) is 18.9. The third-order valence-corrected chi connectivity index (χ3v) is 6.09. The van der Waals surface area contributed by atoms with Gasteiger partial charge in [0.2, 0.25) is 0 Å². The molecule has 0 radical (unpaired) electrons. The van der Waals surface area contributed by atoms with Crippen LogP contribution >= 0.6 is 0 Å². The minimum atomic E-state index is -0.168. The average Bonchev–Trinajstić information content (AvgIpc) is 2.77. The van der Waals surface area contributed by atoms with Crippen LogP contribution in [0.4, 0.5) is 0 Å². The number of hydrogen-bond donors (Lipinski definition) is 0. The van der Waals surface area contributed by atoms with Gasteiger partial charge in [0.25, 0.3) is 0 Å². The molecule has 32 heavy (non-hydrogen) atoms. The molecule has 0 amide bonds. The summed E-state index contributed by atoms with van der Waals surface area (Å²) in [5.74, 6) is 1.23. The van der Waals surface area contributed by atoms with Gasteiger partial charge in [0.1, 0.15) is 5.82 Å². The van der Waals surface area contributed by atoms with E-state index in [0.29, 0.717) is 18.9 Å². The predicted octanol–water partition coefficient (Wildman–Crippen LogP) is 4.07. The molecule has 1 aliphatic rings. The number of carbonyl (C=O) groups is 1. The molecule has 1 aliphatic heterocycles. The summed E-state index contributed by atoms with van der Waals surface area (Å²) >= 11 is 0. The molecule has 0 bridgehead atoms. The second-order valence-corrected chi connectivity index (χ2v) is 8.51. The van der Waals surface area contributed by atoms with Crippen molar-refractivity contribution in [3.63, 3.8) is 0 Å². The smallest absolute Gasteiger partial charge is 0.307 e. The Bertz CT molecular complexity index is 1030. The summed E-state index contributed by atoms with van der Waals surface area (Å²) in [6.07, 6.45) is 10.3. The topological polar surface area (TPSA) is 81.1 Å². The minimum Gasteiger partial charge on any atom is -0.466 e. The highest BCUT2D eigenvalue weighted by Gasteiger charge is 2.34. The van der Waals surface area contributed by atoms with Gasteiger partial charge < -0.3 is 4.74 Å². The summed E-state index contributed by atoms with van der Waals surface area (Å²) in [6.45, 7) is 6.10. The van der Waals surface area contributed by atoms with E-state index in [2.05, 4.69) is 37.0 Å². The summed E-state index contributed by atoms with van der Waals surface area (Å²) in [6, 6.07) is 8.18. The van der Waals surface area contributed by atoms with Gasteiger partial charge in [0.15, 0.2) is 5.65 Å². The lowest BCUT2D eigenvalue weighted by atomic mass is 9.89. The predicted molar refractivity (Wildman–Crippen MR) is 123 cm³/mol. The van der Waals surface area contributed by atoms with E-state index in [0.717, 1.165) is 54.0 Å². The lowest BCUT2D eigenvalue weighted by Gasteiger charge is -2.44. The largest absolute Gasteiger partial charge is 0.466 e. The Morgan fingerprint density at radius 3 is 2.75 bits per heavy atom. The summed E-state index contributed by atoms with van der Waals surface area (Å²) in [5.41, 5.74) is 2.92. The van der Waals surface area contributed by atoms with E-state index < -0.39 is 0 Å². The Hall–Kier alpha value is -2.93. The molecule has 168 valence electrons. The van der Waals surface area contributed by atoms with Crippen LogP contribution in [0, 0.1) is 12.8 Å². The van der Waals surface area contributed by atoms with Crippen LogP contribution in [0.25, 0.3) is 11.0 Å². The van der Waals surface area contributed by atoms with E-state index in [1.807, 2.05) is 38.4 Å². The number of unbranched alkanes of at least 4 members (excludes halogenated alkanes) is 1. The van der Waals surface area contributed by atoms with Gasteiger partial charge in [-0.05, 0) is 63.3 Å². The first kappa shape index (κ1) is 22.3. The first-order valence-corrected chi connectivity index (χ1v) is 11.5. The van der Waals surface area contributed by atoms with Crippen molar-refractivity contribution in [1.29, 1.82) is 0 Å². The molecule has 4 rings (SSSR count). The molecule has 0 aliphatic carbocycles. The van der Waals surface area contributed by atoms with Crippen LogP contribution in [-0.2, 0) is 16.0 Å². The second-order valence-electron chi connectivity index (χ2n) is 8.51. The summed E-state index contributed by atoms with van der Waals surface area (Å²) in [4.78, 5) is 32.2. The van der Waals surface area contributed by atoms with E-state index in [1.54, 1.807) is 6.20 Å². The molecule has 3 aromatic heterocycles. The lowest BCUT2D eigenvalue weighted by Crippen LogP contribution is -2.49. The number of nitrogens with zero attached hydrogens (tertiary/aromatic N) is 5. The fraction of sp³-hybridized carbons (Fsp3) is 0.480. The molecule has 1 unspecified atom stereocenters. The molecule has 0 aromatic carbocycles. The first-order chi connectivity index (χ1) is 15.6. The van der Waals surface area contributed by atoms with Crippen LogP contribution in [0.5, 0.6) is 0 Å². The molecular weight excluding hydrogens is 402 g/mol. The van der Waals surface area contributed by atoms with Crippen molar-refractivity contribution in [3.8, 4) is 0 Å². The highest BCUT2D eigenvalue weighted by atomic mass is 16.5. The Morgan fingerprint density at radius 2 is 1.97 bits per heavy atom. The summed E-state index contributed by atoms with van der Waals surface area (Å²) in [7, 11) is 0. The van der Waals surface area contributed by atoms with Crippen molar-refractivity contribution in [2.45, 2.75) is 52.0 Å². The molecule has 7 heteroatoms. The van der Waals surface area contributed by atoms with E-state index in [-0.39, 0.29) is 12.0 Å². The van der Waals surface area contributed by atoms with Gasteiger partial charge in [-0.25, -0.2) is 19.9 Å². The molecule has 1 atom stereocenters. The quantitative estimate of drug-likeness (QED) is 0.352. The van der Waals surface area contributed by atoms with Gasteiger partial charge in [-0.2, -0.15) is 0 Å². The molecular formula is C25H31N5O2. The number of esters is 1. The molecule has 1 fully saturated rings. The maximum Gasteiger partial charge on any atom is 0.307 e. The number of pyridine rings is 2. The van der Waals surface area contributed by atoms with Crippen molar-refractivity contribution in [2.24, 2.45) is 5.92 Å². The van der Waals surface area contributed by atoms with Gasteiger partial charge in [0.05, 0.1) is 13.0 Å². The van der Waals surface area contributed by atoms with Crippen molar-refractivity contribution >= 4 is 17.0 Å². The van der Waals surface area contributed by atoms with Gasteiger partial charge in [-0.15, -0.1) is 0 Å². The van der Waals surface area contributed by atoms with E-state index in [4.69, 9.17) is 4.74 Å². The normalized spacial score (nSPS) is 15.4. The minimum absolute atomic E-state index is 0.0137. The highest BCUT2D eigenvalue weighted by Crippen LogP contribution is 2.33. The highest BCUT2D eigenvalue weighted by molar-refractivity contribution is 5.74.